The molecule has 1 saturated heterocycles. The van der Waals surface area contributed by atoms with Crippen LogP contribution >= 0.6 is 0 Å². The molecule has 0 atom stereocenters. The van der Waals surface area contributed by atoms with Gasteiger partial charge in [-0.15, -0.1) is 0 Å². The first-order chi connectivity index (χ1) is 18.7. The van der Waals surface area contributed by atoms with E-state index in [2.05, 4.69) is 39.5 Å². The zero-order valence-electron chi connectivity index (χ0n) is 21.7. The molecule has 0 saturated carbocycles. The van der Waals surface area contributed by atoms with Crippen molar-refractivity contribution in [1.29, 1.82) is 0 Å². The van der Waals surface area contributed by atoms with Gasteiger partial charge in [0.25, 0.3) is 0 Å². The van der Waals surface area contributed by atoms with Gasteiger partial charge in [0.1, 0.15) is 17.2 Å². The van der Waals surface area contributed by atoms with Gasteiger partial charge >= 0.3 is 0 Å². The maximum Gasteiger partial charge on any atom is 0.165 e. The molecule has 1 aliphatic heterocycles. The number of anilines is 1. The summed E-state index contributed by atoms with van der Waals surface area (Å²) >= 11 is 0. The maximum absolute atomic E-state index is 13.5. The molecule has 3 N–H and O–H groups in total. The van der Waals surface area contributed by atoms with Crippen molar-refractivity contribution in [2.24, 2.45) is 0 Å². The summed E-state index contributed by atoms with van der Waals surface area (Å²) in [6, 6.07) is 22.5. The van der Waals surface area contributed by atoms with E-state index in [-0.39, 0.29) is 5.82 Å². The van der Waals surface area contributed by atoms with Crippen molar-refractivity contribution in [3.63, 3.8) is 0 Å². The highest BCUT2D eigenvalue weighted by molar-refractivity contribution is 5.84. The number of piperazine rings is 1. The molecular formula is C30H32FN7. The molecule has 0 radical (unpaired) electrons. The van der Waals surface area contributed by atoms with Crippen LogP contribution in [0.5, 0.6) is 0 Å². The highest BCUT2D eigenvalue weighted by Gasteiger charge is 2.19. The second-order valence-corrected chi connectivity index (χ2v) is 8.95. The lowest BCUT2D eigenvalue weighted by molar-refractivity contribution is 0.233. The molecule has 8 heteroatoms. The number of nitrogens with two attached hydrogens (primary N) is 1. The molecule has 0 aliphatic carbocycles. The Labute approximate surface area is 222 Å². The van der Waals surface area contributed by atoms with Gasteiger partial charge in [-0.25, -0.2) is 19.3 Å². The fourth-order valence-corrected chi connectivity index (χ4v) is 4.65. The van der Waals surface area contributed by atoms with Crippen molar-refractivity contribution >= 4 is 17.0 Å². The normalized spacial score (nSPS) is 13.8. The number of hydrogen-bond acceptors (Lipinski definition) is 6. The Morgan fingerprint density at radius 2 is 1.63 bits per heavy atom. The minimum Gasteiger partial charge on any atom is -0.383 e. The number of nitrogens with one attached hydrogen (secondary N) is 1. The van der Waals surface area contributed by atoms with Crippen LogP contribution in [0.15, 0.2) is 79.0 Å². The number of aromatic nitrogens is 4. The molecule has 0 spiro atoms. The zero-order valence-corrected chi connectivity index (χ0v) is 21.7. The molecular weight excluding hydrogens is 477 g/mol. The second kappa shape index (κ2) is 11.5. The van der Waals surface area contributed by atoms with Crippen LogP contribution in [0.2, 0.25) is 0 Å². The van der Waals surface area contributed by atoms with Crippen LogP contribution < -0.4 is 11.1 Å². The highest BCUT2D eigenvalue weighted by atomic mass is 19.1. The Kier molecular flexibility index (Phi) is 7.72. The average Bonchev–Trinajstić information content (AvgIpc) is 3.34. The smallest absolute Gasteiger partial charge is 0.165 e. The Morgan fingerprint density at radius 3 is 2.34 bits per heavy atom. The van der Waals surface area contributed by atoms with Gasteiger partial charge in [0.15, 0.2) is 11.5 Å². The average molecular weight is 510 g/mol. The number of nitrogen functional groups attached to an aromatic ring is 1. The van der Waals surface area contributed by atoms with E-state index in [1.807, 2.05) is 42.7 Å². The van der Waals surface area contributed by atoms with Crippen molar-refractivity contribution in [2.45, 2.75) is 20.4 Å². The number of fused-ring (bicyclic) bond motifs is 1. The topological polar surface area (TPSA) is 84.9 Å². The van der Waals surface area contributed by atoms with E-state index in [9.17, 15) is 4.39 Å². The quantitative estimate of drug-likeness (QED) is 0.334. The standard InChI is InChI=1S/C28H26FN7.C2H6/c29-21-7-5-20(6-8-21)24-11-12-25-28(33-24)36(27(34-25)23-2-1-13-32-26(23)30)22-9-3-19(4-10-22)18-35-16-14-31-15-17-35;1-2/h1-13,31H,14-18H2,(H2,30,32);1-2H3. The van der Waals surface area contributed by atoms with E-state index >= 15 is 0 Å². The molecule has 0 amide bonds. The van der Waals surface area contributed by atoms with Gasteiger partial charge in [-0.3, -0.25) is 9.47 Å². The van der Waals surface area contributed by atoms with Gasteiger partial charge < -0.3 is 11.1 Å². The third-order valence-corrected chi connectivity index (χ3v) is 6.53. The fourth-order valence-electron chi connectivity index (χ4n) is 4.65. The predicted molar refractivity (Wildman–Crippen MR) is 151 cm³/mol. The molecule has 194 valence electrons. The van der Waals surface area contributed by atoms with Crippen molar-refractivity contribution in [2.75, 3.05) is 31.9 Å². The maximum atomic E-state index is 13.5. The summed E-state index contributed by atoms with van der Waals surface area (Å²) < 4.78 is 15.5. The number of nitrogens with zero attached hydrogens (tertiary/aromatic N) is 5. The first kappa shape index (κ1) is 25.5. The number of imidazole rings is 1. The molecule has 0 unspecified atom stereocenters. The molecule has 5 aromatic rings. The van der Waals surface area contributed by atoms with Gasteiger partial charge in [-0.05, 0) is 66.2 Å². The third-order valence-electron chi connectivity index (χ3n) is 6.53. The van der Waals surface area contributed by atoms with Crippen molar-refractivity contribution in [3.05, 3.63) is 90.4 Å². The number of benzene rings is 2. The lowest BCUT2D eigenvalue weighted by Gasteiger charge is -2.27. The van der Waals surface area contributed by atoms with E-state index in [0.717, 1.165) is 60.7 Å². The van der Waals surface area contributed by atoms with E-state index in [1.54, 1.807) is 18.3 Å². The van der Waals surface area contributed by atoms with Crippen LogP contribution in [0.3, 0.4) is 0 Å². The van der Waals surface area contributed by atoms with Crippen molar-refractivity contribution in [1.82, 2.24) is 29.7 Å². The monoisotopic (exact) mass is 509 g/mol. The molecule has 4 heterocycles. The molecule has 3 aromatic heterocycles. The summed E-state index contributed by atoms with van der Waals surface area (Å²) in [6.45, 7) is 9.07. The Bertz CT molecular complexity index is 1500. The van der Waals surface area contributed by atoms with Crippen LogP contribution in [0, 0.1) is 5.82 Å². The van der Waals surface area contributed by atoms with Crippen molar-refractivity contribution < 1.29 is 4.39 Å². The van der Waals surface area contributed by atoms with Gasteiger partial charge in [0, 0.05) is 50.2 Å². The van der Waals surface area contributed by atoms with Crippen molar-refractivity contribution in [3.8, 4) is 28.3 Å². The summed E-state index contributed by atoms with van der Waals surface area (Å²) in [5, 5.41) is 3.40. The SMILES string of the molecule is CC.Nc1ncccc1-c1nc2ccc(-c3ccc(F)cc3)nc2n1-c1ccc(CN2CCNCC2)cc1. The van der Waals surface area contributed by atoms with Gasteiger partial charge in [0.05, 0.1) is 11.3 Å². The number of halogens is 1. The Hall–Kier alpha value is -4.14. The highest BCUT2D eigenvalue weighted by Crippen LogP contribution is 2.32. The van der Waals surface area contributed by atoms with E-state index in [4.69, 9.17) is 15.7 Å². The second-order valence-electron chi connectivity index (χ2n) is 8.95. The first-order valence-corrected chi connectivity index (χ1v) is 13.0. The summed E-state index contributed by atoms with van der Waals surface area (Å²) in [5.41, 5.74) is 12.2. The summed E-state index contributed by atoms with van der Waals surface area (Å²) in [6.07, 6.45) is 1.67. The van der Waals surface area contributed by atoms with E-state index in [0.29, 0.717) is 17.3 Å². The van der Waals surface area contributed by atoms with Crippen LogP contribution in [-0.4, -0.2) is 50.6 Å². The van der Waals surface area contributed by atoms with Gasteiger partial charge in [-0.1, -0.05) is 26.0 Å². The molecule has 1 aliphatic rings. The minimum atomic E-state index is -0.278. The lowest BCUT2D eigenvalue weighted by Crippen LogP contribution is -2.42. The molecule has 2 aromatic carbocycles. The number of hydrogen-bond donors (Lipinski definition) is 2. The Morgan fingerprint density at radius 1 is 0.895 bits per heavy atom. The predicted octanol–water partition coefficient (Wildman–Crippen LogP) is 5.30. The molecule has 38 heavy (non-hydrogen) atoms. The molecule has 7 nitrogen and oxygen atoms in total. The number of rotatable bonds is 5. The van der Waals surface area contributed by atoms with E-state index < -0.39 is 0 Å². The first-order valence-electron chi connectivity index (χ1n) is 13.0. The van der Waals surface area contributed by atoms with Gasteiger partial charge in [-0.2, -0.15) is 0 Å². The van der Waals surface area contributed by atoms with Crippen LogP contribution in [0.4, 0.5) is 10.2 Å². The molecule has 1 fully saturated rings. The Balaban J connectivity index is 0.00000144. The van der Waals surface area contributed by atoms with Crippen LogP contribution in [0.25, 0.3) is 39.5 Å². The molecule has 0 bridgehead atoms. The third kappa shape index (κ3) is 5.27. The molecule has 6 rings (SSSR count). The van der Waals surface area contributed by atoms with E-state index in [1.165, 1.54) is 17.7 Å². The zero-order chi connectivity index (χ0) is 26.5. The summed E-state index contributed by atoms with van der Waals surface area (Å²) in [4.78, 5) is 16.6. The lowest BCUT2D eigenvalue weighted by atomic mass is 10.1. The number of pyridine rings is 2. The van der Waals surface area contributed by atoms with Crippen LogP contribution in [0.1, 0.15) is 19.4 Å². The summed E-state index contributed by atoms with van der Waals surface area (Å²) in [5.74, 6) is 0.803. The van der Waals surface area contributed by atoms with Crippen LogP contribution in [-0.2, 0) is 6.54 Å². The largest absolute Gasteiger partial charge is 0.383 e. The van der Waals surface area contributed by atoms with Gasteiger partial charge in [0.2, 0.25) is 0 Å². The summed E-state index contributed by atoms with van der Waals surface area (Å²) in [7, 11) is 0. The fraction of sp³-hybridized carbons (Fsp3) is 0.233. The minimum absolute atomic E-state index is 0.278.